The molecule has 2 rings (SSSR count). The molecule has 0 bridgehead atoms. The number of Topliss-reactive ketones (excluding diaryl/α,β-unsaturated/α-hetero) is 1. The van der Waals surface area contributed by atoms with E-state index in [9.17, 15) is 33.6 Å². The number of nitrogens with one attached hydrogen (secondary N) is 3. The van der Waals surface area contributed by atoms with Crippen molar-refractivity contribution in [2.75, 3.05) is 13.9 Å². The van der Waals surface area contributed by atoms with Crippen LogP contribution in [0.1, 0.15) is 109 Å². The molecule has 0 fully saturated rings. The Kier molecular flexibility index (Phi) is 16.3. The first kappa shape index (κ1) is 41.1. The maximum atomic E-state index is 13.1. The molecule has 2 aromatic carbocycles. The summed E-state index contributed by atoms with van der Waals surface area (Å²) in [7, 11) is 1.25. The monoisotopic (exact) mass is 695 g/mol. The van der Waals surface area contributed by atoms with Crippen LogP contribution in [0.2, 0.25) is 0 Å². The van der Waals surface area contributed by atoms with E-state index >= 15 is 0 Å². The fourth-order valence-corrected chi connectivity index (χ4v) is 4.90. The number of methoxy groups -OCH3 is 1. The number of amides is 3. The van der Waals surface area contributed by atoms with Gasteiger partial charge in [0, 0.05) is 22.3 Å². The van der Waals surface area contributed by atoms with Crippen LogP contribution in [0.25, 0.3) is 0 Å². The van der Waals surface area contributed by atoms with E-state index < -0.39 is 60.5 Å². The van der Waals surface area contributed by atoms with Crippen LogP contribution in [-0.4, -0.2) is 73.4 Å². The van der Waals surface area contributed by atoms with E-state index in [0.717, 1.165) is 0 Å². The van der Waals surface area contributed by atoms with E-state index in [4.69, 9.17) is 14.2 Å². The molecule has 0 radical (unpaired) electrons. The van der Waals surface area contributed by atoms with Gasteiger partial charge in [0.15, 0.2) is 5.78 Å². The van der Waals surface area contributed by atoms with E-state index in [0.29, 0.717) is 12.0 Å². The number of rotatable bonds is 18. The summed E-state index contributed by atoms with van der Waals surface area (Å²) in [5.74, 6) is -3.88. The summed E-state index contributed by atoms with van der Waals surface area (Å²) in [6.07, 6.45) is 0.859. The summed E-state index contributed by atoms with van der Waals surface area (Å²) in [5.41, 5.74) is 1.09. The largest absolute Gasteiger partial charge is 0.467 e. The minimum atomic E-state index is -1.08. The van der Waals surface area contributed by atoms with E-state index in [1.807, 2.05) is 41.5 Å². The second-order valence-corrected chi connectivity index (χ2v) is 13.2. The lowest BCUT2D eigenvalue weighted by Gasteiger charge is -2.21. The Balaban J connectivity index is 2.02. The number of benzene rings is 2. The molecule has 13 heteroatoms. The predicted molar refractivity (Wildman–Crippen MR) is 184 cm³/mol. The van der Waals surface area contributed by atoms with Gasteiger partial charge in [-0.15, -0.1) is 0 Å². The van der Waals surface area contributed by atoms with E-state index in [2.05, 4.69) is 16.0 Å². The van der Waals surface area contributed by atoms with Crippen LogP contribution in [0, 0.1) is 17.8 Å². The molecule has 272 valence electrons. The fraction of sp³-hybridized carbons (Fsp3) is 0.486. The molecule has 0 saturated heterocycles. The topological polar surface area (TPSA) is 183 Å². The van der Waals surface area contributed by atoms with Gasteiger partial charge in [-0.1, -0.05) is 53.7 Å². The third-order valence-corrected chi connectivity index (χ3v) is 7.46. The number of hydrogen-bond donors (Lipinski definition) is 3. The number of ketones is 1. The highest BCUT2D eigenvalue weighted by Crippen LogP contribution is 2.13. The van der Waals surface area contributed by atoms with Gasteiger partial charge in [0.25, 0.3) is 17.7 Å². The molecule has 0 aromatic heterocycles. The average Bonchev–Trinajstić information content (AvgIpc) is 3.06. The first-order valence-corrected chi connectivity index (χ1v) is 16.6. The van der Waals surface area contributed by atoms with Gasteiger partial charge in [0.1, 0.15) is 18.1 Å². The molecule has 0 spiro atoms. The van der Waals surface area contributed by atoms with Gasteiger partial charge in [-0.25, -0.2) is 14.4 Å². The van der Waals surface area contributed by atoms with Crippen molar-refractivity contribution in [3.8, 4) is 0 Å². The Hall–Kier alpha value is -5.07. The number of carbonyl (C=O) groups is 7. The highest BCUT2D eigenvalue weighted by Gasteiger charge is 2.28. The molecule has 13 nitrogen and oxygen atoms in total. The fourth-order valence-electron chi connectivity index (χ4n) is 4.90. The third-order valence-electron chi connectivity index (χ3n) is 7.46. The highest BCUT2D eigenvalue weighted by molar-refractivity contribution is 6.00. The van der Waals surface area contributed by atoms with Crippen LogP contribution in [-0.2, 0) is 28.6 Å². The van der Waals surface area contributed by atoms with Crippen LogP contribution in [0.4, 0.5) is 0 Å². The molecule has 3 N–H and O–H groups in total. The summed E-state index contributed by atoms with van der Waals surface area (Å²) < 4.78 is 15.2. The van der Waals surface area contributed by atoms with Crippen LogP contribution < -0.4 is 16.0 Å². The lowest BCUT2D eigenvalue weighted by molar-refractivity contribution is -0.170. The molecule has 2 aromatic rings. The summed E-state index contributed by atoms with van der Waals surface area (Å²) in [6.45, 7) is 11.9. The molecule has 3 unspecified atom stereocenters. The van der Waals surface area contributed by atoms with Gasteiger partial charge in [-0.05, 0) is 80.3 Å². The molecule has 50 heavy (non-hydrogen) atoms. The number of ether oxygens (including phenoxy) is 3. The Bertz CT molecular complexity index is 1500. The predicted octanol–water partition coefficient (Wildman–Crippen LogP) is 4.24. The molecule has 3 amide bonds. The van der Waals surface area contributed by atoms with Gasteiger partial charge in [0.2, 0.25) is 6.79 Å². The van der Waals surface area contributed by atoms with Crippen molar-refractivity contribution in [1.82, 2.24) is 16.0 Å². The molecular weight excluding hydrogens is 646 g/mol. The average molecular weight is 696 g/mol. The second kappa shape index (κ2) is 19.8. The van der Waals surface area contributed by atoms with Gasteiger partial charge in [-0.2, -0.15) is 0 Å². The quantitative estimate of drug-likeness (QED) is 0.116. The van der Waals surface area contributed by atoms with Gasteiger partial charge < -0.3 is 30.2 Å². The van der Waals surface area contributed by atoms with Crippen molar-refractivity contribution < 1.29 is 47.8 Å². The molecule has 0 aliphatic rings. The zero-order valence-corrected chi connectivity index (χ0v) is 30.0. The lowest BCUT2D eigenvalue weighted by Crippen LogP contribution is -2.44. The highest BCUT2D eigenvalue weighted by atomic mass is 16.7. The minimum absolute atomic E-state index is 0.00576. The lowest BCUT2D eigenvalue weighted by atomic mass is 10.0. The molecule has 3 atom stereocenters. The van der Waals surface area contributed by atoms with Crippen LogP contribution in [0.5, 0.6) is 0 Å². The SMILES string of the molecule is COC(=O)C(CC(C)C)NC(=O)c1ccc(C(=O)NC(CC(C)C)C(=O)OCOC(=O)C(CC(C)C)NC(=O)c2ccc(C(C)=O)cc2)cc1. The van der Waals surface area contributed by atoms with Crippen LogP contribution in [0.3, 0.4) is 0 Å². The number of carbonyl (C=O) groups excluding carboxylic acids is 7. The first-order chi connectivity index (χ1) is 23.5. The van der Waals surface area contributed by atoms with Gasteiger partial charge >= 0.3 is 17.9 Å². The summed E-state index contributed by atoms with van der Waals surface area (Å²) in [5, 5.41) is 7.93. The van der Waals surface area contributed by atoms with Crippen molar-refractivity contribution in [2.45, 2.75) is 85.9 Å². The summed E-state index contributed by atoms with van der Waals surface area (Å²) in [6, 6.07) is 8.75. The van der Waals surface area contributed by atoms with Gasteiger partial charge in [-0.3, -0.25) is 19.2 Å². The van der Waals surface area contributed by atoms with Crippen molar-refractivity contribution in [2.24, 2.45) is 17.8 Å². The molecule has 0 heterocycles. The maximum Gasteiger partial charge on any atom is 0.331 e. The number of esters is 3. The van der Waals surface area contributed by atoms with Crippen molar-refractivity contribution >= 4 is 41.4 Å². The van der Waals surface area contributed by atoms with Crippen molar-refractivity contribution in [3.63, 3.8) is 0 Å². The number of hydrogen-bond acceptors (Lipinski definition) is 10. The maximum absolute atomic E-state index is 13.1. The second-order valence-electron chi connectivity index (χ2n) is 13.2. The van der Waals surface area contributed by atoms with Crippen LogP contribution >= 0.6 is 0 Å². The van der Waals surface area contributed by atoms with Crippen molar-refractivity contribution in [1.29, 1.82) is 0 Å². The van der Waals surface area contributed by atoms with E-state index in [1.165, 1.54) is 62.6 Å². The smallest absolute Gasteiger partial charge is 0.331 e. The zero-order valence-electron chi connectivity index (χ0n) is 30.0. The molecule has 0 aliphatic heterocycles. The zero-order chi connectivity index (χ0) is 37.5. The van der Waals surface area contributed by atoms with E-state index in [1.54, 1.807) is 0 Å². The van der Waals surface area contributed by atoms with Crippen LogP contribution in [0.15, 0.2) is 48.5 Å². The molecular formula is C37H49N3O10. The Morgan fingerprint density at radius 2 is 0.780 bits per heavy atom. The Morgan fingerprint density at radius 1 is 0.500 bits per heavy atom. The molecule has 0 saturated carbocycles. The first-order valence-electron chi connectivity index (χ1n) is 16.6. The summed E-state index contributed by atoms with van der Waals surface area (Å²) in [4.78, 5) is 88.2. The normalized spacial score (nSPS) is 12.8. The third kappa shape index (κ3) is 13.4. The Labute approximate surface area is 293 Å². The standard InChI is InChI=1S/C37H49N3O10/c1-21(2)17-29(35(45)48-8)38-32(42)27-13-15-28(16-14-27)34(44)40-31(19-23(5)6)37(47)50-20-49-36(46)30(18-22(3)4)39-33(43)26-11-9-25(10-12-26)24(7)41/h9-16,21-23,29-31H,17-20H2,1-8H3,(H,38,42)(H,39,43)(H,40,44). The molecule has 0 aliphatic carbocycles. The van der Waals surface area contributed by atoms with E-state index in [-0.39, 0.29) is 53.1 Å². The Morgan fingerprint density at radius 3 is 1.04 bits per heavy atom. The van der Waals surface area contributed by atoms with Crippen molar-refractivity contribution in [3.05, 3.63) is 70.8 Å². The minimum Gasteiger partial charge on any atom is -0.467 e. The summed E-state index contributed by atoms with van der Waals surface area (Å²) >= 11 is 0. The van der Waals surface area contributed by atoms with Gasteiger partial charge in [0.05, 0.1) is 7.11 Å².